The number of fused-ring (bicyclic) bond motifs is 1. The fourth-order valence-electron chi connectivity index (χ4n) is 2.73. The Morgan fingerprint density at radius 2 is 2.05 bits per heavy atom. The smallest absolute Gasteiger partial charge is 0.144 e. The first-order valence-electron chi connectivity index (χ1n) is 7.08. The molecule has 0 aliphatic heterocycles. The molecule has 3 aromatic rings. The van der Waals surface area contributed by atoms with Crippen LogP contribution < -0.4 is 10.5 Å². The minimum Gasteiger partial charge on any atom is -0.496 e. The molecule has 0 aliphatic rings. The Bertz CT molecular complexity index is 853. The van der Waals surface area contributed by atoms with E-state index in [0.29, 0.717) is 11.5 Å². The first kappa shape index (κ1) is 14.4. The van der Waals surface area contributed by atoms with Crippen LogP contribution in [0.1, 0.15) is 16.7 Å². The summed E-state index contributed by atoms with van der Waals surface area (Å²) in [6, 6.07) is 7.72. The van der Waals surface area contributed by atoms with Gasteiger partial charge in [0.1, 0.15) is 22.9 Å². The molecular formula is C17H19N3O2. The highest BCUT2D eigenvalue weighted by molar-refractivity contribution is 5.79. The second kappa shape index (κ2) is 5.35. The summed E-state index contributed by atoms with van der Waals surface area (Å²) < 4.78 is 7.16. The minimum absolute atomic E-state index is 0.0686. The second-order valence-electron chi connectivity index (χ2n) is 5.37. The largest absolute Gasteiger partial charge is 0.496 e. The zero-order valence-electron chi connectivity index (χ0n) is 12.9. The number of hydrogen-bond acceptors (Lipinski definition) is 4. The quantitative estimate of drug-likeness (QED) is 0.779. The molecule has 3 rings (SSSR count). The molecular weight excluding hydrogens is 278 g/mol. The molecule has 0 spiro atoms. The summed E-state index contributed by atoms with van der Waals surface area (Å²) in [5.74, 6) is 1.41. The lowest BCUT2D eigenvalue weighted by Crippen LogP contribution is -1.97. The van der Waals surface area contributed by atoms with Gasteiger partial charge in [-0.25, -0.2) is 4.98 Å². The van der Waals surface area contributed by atoms with Gasteiger partial charge in [0.25, 0.3) is 0 Å². The molecule has 0 unspecified atom stereocenters. The molecule has 5 heteroatoms. The maximum atomic E-state index is 9.46. The third-order valence-corrected chi connectivity index (χ3v) is 3.94. The van der Waals surface area contributed by atoms with E-state index < -0.39 is 0 Å². The Labute approximate surface area is 129 Å². The van der Waals surface area contributed by atoms with Crippen molar-refractivity contribution >= 4 is 11.5 Å². The normalized spacial score (nSPS) is 11.1. The van der Waals surface area contributed by atoms with Crippen molar-refractivity contribution in [1.29, 1.82) is 0 Å². The molecule has 0 bridgehead atoms. The van der Waals surface area contributed by atoms with Crippen molar-refractivity contribution < 1.29 is 9.84 Å². The lowest BCUT2D eigenvalue weighted by Gasteiger charge is -2.10. The average molecular weight is 297 g/mol. The number of aromatic nitrogens is 2. The number of methoxy groups -OCH3 is 1. The van der Waals surface area contributed by atoms with Crippen LogP contribution in [0.3, 0.4) is 0 Å². The highest BCUT2D eigenvalue weighted by Crippen LogP contribution is 2.33. The number of rotatable bonds is 3. The third kappa shape index (κ3) is 2.10. The predicted octanol–water partition coefficient (Wildman–Crippen LogP) is 2.70. The van der Waals surface area contributed by atoms with E-state index >= 15 is 0 Å². The Hall–Kier alpha value is -2.53. The molecule has 2 heterocycles. The minimum atomic E-state index is -0.0686. The van der Waals surface area contributed by atoms with Gasteiger partial charge in [-0.3, -0.25) is 4.40 Å². The predicted molar refractivity (Wildman–Crippen MR) is 87.0 cm³/mol. The van der Waals surface area contributed by atoms with Gasteiger partial charge in [0.05, 0.1) is 13.7 Å². The topological polar surface area (TPSA) is 72.8 Å². The highest BCUT2D eigenvalue weighted by Gasteiger charge is 2.16. The molecule has 0 saturated carbocycles. The van der Waals surface area contributed by atoms with Crippen molar-refractivity contribution in [2.45, 2.75) is 20.5 Å². The lowest BCUT2D eigenvalue weighted by molar-refractivity contribution is 0.282. The van der Waals surface area contributed by atoms with Crippen LogP contribution in [-0.4, -0.2) is 21.6 Å². The SMILES string of the molecule is COc1cc(C)c(-c2nc3c(CO)cccn3c2N)cc1C. The number of nitrogens with zero attached hydrogens (tertiary/aromatic N) is 2. The number of nitrogens with two attached hydrogens (primary N) is 1. The van der Waals surface area contributed by atoms with Crippen molar-refractivity contribution in [2.75, 3.05) is 12.8 Å². The van der Waals surface area contributed by atoms with Crippen LogP contribution in [0, 0.1) is 13.8 Å². The van der Waals surface area contributed by atoms with Gasteiger partial charge in [0.2, 0.25) is 0 Å². The van der Waals surface area contributed by atoms with E-state index in [1.54, 1.807) is 11.5 Å². The zero-order chi connectivity index (χ0) is 15.9. The van der Waals surface area contributed by atoms with E-state index in [1.807, 2.05) is 44.3 Å². The summed E-state index contributed by atoms with van der Waals surface area (Å²) in [6.45, 7) is 3.93. The summed E-state index contributed by atoms with van der Waals surface area (Å²) in [4.78, 5) is 4.65. The molecule has 0 saturated heterocycles. The van der Waals surface area contributed by atoms with E-state index in [9.17, 15) is 5.11 Å². The fourth-order valence-corrected chi connectivity index (χ4v) is 2.73. The van der Waals surface area contributed by atoms with Crippen LogP contribution in [0.25, 0.3) is 16.9 Å². The van der Waals surface area contributed by atoms with Crippen LogP contribution in [0.5, 0.6) is 5.75 Å². The second-order valence-corrected chi connectivity index (χ2v) is 5.37. The van der Waals surface area contributed by atoms with Crippen LogP contribution in [0.2, 0.25) is 0 Å². The number of anilines is 1. The standard InChI is InChI=1S/C17H19N3O2/c1-10-8-14(22-3)11(2)7-13(10)15-16(18)20-6-4-5-12(9-21)17(20)19-15/h4-8,21H,9,18H2,1-3H3. The highest BCUT2D eigenvalue weighted by atomic mass is 16.5. The number of ether oxygens (including phenoxy) is 1. The van der Waals surface area contributed by atoms with Crippen LogP contribution in [-0.2, 0) is 6.61 Å². The Morgan fingerprint density at radius 3 is 2.73 bits per heavy atom. The number of nitrogen functional groups attached to an aromatic ring is 1. The Morgan fingerprint density at radius 1 is 1.27 bits per heavy atom. The zero-order valence-corrected chi connectivity index (χ0v) is 12.9. The number of pyridine rings is 1. The van der Waals surface area contributed by atoms with Crippen molar-refractivity contribution in [3.05, 3.63) is 47.2 Å². The molecule has 22 heavy (non-hydrogen) atoms. The van der Waals surface area contributed by atoms with Crippen LogP contribution >= 0.6 is 0 Å². The van der Waals surface area contributed by atoms with Gasteiger partial charge in [-0.05, 0) is 43.2 Å². The van der Waals surface area contributed by atoms with Gasteiger partial charge in [-0.15, -0.1) is 0 Å². The van der Waals surface area contributed by atoms with Gasteiger partial charge in [-0.2, -0.15) is 0 Å². The van der Waals surface area contributed by atoms with E-state index in [2.05, 4.69) is 4.98 Å². The van der Waals surface area contributed by atoms with Crippen molar-refractivity contribution in [1.82, 2.24) is 9.38 Å². The lowest BCUT2D eigenvalue weighted by atomic mass is 10.0. The number of aliphatic hydroxyl groups is 1. The molecule has 0 amide bonds. The first-order valence-corrected chi connectivity index (χ1v) is 7.08. The average Bonchev–Trinajstić information content (AvgIpc) is 2.86. The number of imidazole rings is 1. The Balaban J connectivity index is 2.27. The summed E-state index contributed by atoms with van der Waals surface area (Å²) in [5.41, 5.74) is 11.5. The van der Waals surface area contributed by atoms with E-state index in [1.165, 1.54) is 0 Å². The summed E-state index contributed by atoms with van der Waals surface area (Å²) >= 11 is 0. The monoisotopic (exact) mass is 297 g/mol. The fraction of sp³-hybridized carbons (Fsp3) is 0.235. The molecule has 1 aromatic carbocycles. The van der Waals surface area contributed by atoms with E-state index in [4.69, 9.17) is 10.5 Å². The van der Waals surface area contributed by atoms with Crippen LogP contribution in [0.4, 0.5) is 5.82 Å². The number of hydrogen-bond donors (Lipinski definition) is 2. The summed E-state index contributed by atoms with van der Waals surface area (Å²) in [6.07, 6.45) is 1.85. The van der Waals surface area contributed by atoms with Gasteiger partial charge >= 0.3 is 0 Å². The first-order chi connectivity index (χ1) is 10.6. The number of aryl methyl sites for hydroxylation is 2. The maximum absolute atomic E-state index is 9.46. The van der Waals surface area contributed by atoms with E-state index in [-0.39, 0.29) is 6.61 Å². The van der Waals surface area contributed by atoms with Crippen molar-refractivity contribution in [3.63, 3.8) is 0 Å². The molecule has 0 aliphatic carbocycles. The molecule has 2 aromatic heterocycles. The summed E-state index contributed by atoms with van der Waals surface area (Å²) in [7, 11) is 1.66. The molecule has 114 valence electrons. The third-order valence-electron chi connectivity index (χ3n) is 3.94. The molecule has 0 atom stereocenters. The molecule has 3 N–H and O–H groups in total. The van der Waals surface area contributed by atoms with Crippen molar-refractivity contribution in [3.8, 4) is 17.0 Å². The van der Waals surface area contributed by atoms with Crippen molar-refractivity contribution in [2.24, 2.45) is 0 Å². The van der Waals surface area contributed by atoms with Gasteiger partial charge in [0.15, 0.2) is 0 Å². The summed E-state index contributed by atoms with van der Waals surface area (Å²) in [5, 5.41) is 9.46. The molecule has 0 fully saturated rings. The van der Waals surface area contributed by atoms with Gasteiger partial charge in [-0.1, -0.05) is 6.07 Å². The van der Waals surface area contributed by atoms with Gasteiger partial charge < -0.3 is 15.6 Å². The van der Waals surface area contributed by atoms with Gasteiger partial charge in [0, 0.05) is 17.3 Å². The van der Waals surface area contributed by atoms with Crippen LogP contribution in [0.15, 0.2) is 30.5 Å². The maximum Gasteiger partial charge on any atom is 0.144 e. The number of aliphatic hydroxyl groups excluding tert-OH is 1. The molecule has 5 nitrogen and oxygen atoms in total. The molecule has 0 radical (unpaired) electrons. The van der Waals surface area contributed by atoms with E-state index in [0.717, 1.165) is 33.7 Å². The number of benzene rings is 1. The Kier molecular flexibility index (Phi) is 3.50.